The van der Waals surface area contributed by atoms with Gasteiger partial charge in [-0.2, -0.15) is 4.31 Å². The van der Waals surface area contributed by atoms with Crippen molar-refractivity contribution in [3.05, 3.63) is 43.7 Å². The molecule has 0 saturated carbocycles. The lowest BCUT2D eigenvalue weighted by molar-refractivity contribution is 0.114. The summed E-state index contributed by atoms with van der Waals surface area (Å²) in [5.74, 6) is 0.502. The van der Waals surface area contributed by atoms with Crippen LogP contribution in [-0.2, 0) is 14.8 Å². The van der Waals surface area contributed by atoms with E-state index >= 15 is 0 Å². The highest BCUT2D eigenvalue weighted by Crippen LogP contribution is 2.36. The predicted octanol–water partition coefficient (Wildman–Crippen LogP) is -0.138. The Hall–Kier alpha value is -2.24. The highest BCUT2D eigenvalue weighted by Gasteiger charge is 2.44. The Morgan fingerprint density at radius 2 is 1.81 bits per heavy atom. The fraction of sp³-hybridized carbons (Fsp3) is 0.533. The lowest BCUT2D eigenvalue weighted by atomic mass is 10.2. The van der Waals surface area contributed by atoms with Crippen LogP contribution in [0, 0.1) is 20.8 Å². The second-order valence-electron chi connectivity index (χ2n) is 6.38. The van der Waals surface area contributed by atoms with E-state index in [1.54, 1.807) is 0 Å². The topological polar surface area (TPSA) is 141 Å². The zero-order valence-electron chi connectivity index (χ0n) is 14.9. The van der Waals surface area contributed by atoms with Crippen molar-refractivity contribution in [1.29, 1.82) is 0 Å². The molecule has 0 spiro atoms. The van der Waals surface area contributed by atoms with Crippen LogP contribution in [0.3, 0.4) is 0 Å². The third kappa shape index (κ3) is 3.02. The first-order valence-electron chi connectivity index (χ1n) is 8.06. The molecule has 0 bridgehead atoms. The van der Waals surface area contributed by atoms with Crippen molar-refractivity contribution >= 4 is 10.0 Å². The number of imidazole rings is 1. The van der Waals surface area contributed by atoms with Gasteiger partial charge in [0.15, 0.2) is 4.90 Å². The Labute approximate surface area is 149 Å². The maximum Gasteiger partial charge on any atom is 0.325 e. The molecule has 3 rings (SSSR count). The van der Waals surface area contributed by atoms with Crippen LogP contribution in [0.5, 0.6) is 0 Å². The molecule has 10 nitrogen and oxygen atoms in total. The average molecular weight is 383 g/mol. The third-order valence-corrected chi connectivity index (χ3v) is 6.68. The fourth-order valence-corrected chi connectivity index (χ4v) is 5.04. The van der Waals surface area contributed by atoms with E-state index in [1.807, 2.05) is 18.8 Å². The number of hydrogen-bond donors (Lipinski definition) is 3. The van der Waals surface area contributed by atoms with Crippen LogP contribution in [0.25, 0.3) is 0 Å². The van der Waals surface area contributed by atoms with Crippen molar-refractivity contribution in [1.82, 2.24) is 24.2 Å². The van der Waals surface area contributed by atoms with Gasteiger partial charge in [-0.15, -0.1) is 0 Å². The smallest absolute Gasteiger partial charge is 0.325 e. The molecule has 0 aliphatic carbocycles. The molecule has 1 fully saturated rings. The highest BCUT2D eigenvalue weighted by molar-refractivity contribution is 7.89. The molecule has 1 aliphatic heterocycles. The van der Waals surface area contributed by atoms with Crippen molar-refractivity contribution in [2.45, 2.75) is 44.2 Å². The Kier molecular flexibility index (Phi) is 4.63. The summed E-state index contributed by atoms with van der Waals surface area (Å²) in [6, 6.07) is -0.594. The zero-order valence-corrected chi connectivity index (χ0v) is 15.7. The number of nitrogens with one attached hydrogen (secondary N) is 3. The molecule has 3 N–H and O–H groups in total. The summed E-state index contributed by atoms with van der Waals surface area (Å²) in [6.45, 7) is 5.14. The minimum Gasteiger partial charge on any atom is -0.380 e. The SMILES string of the molecule is CO[C@@H]1C[C@@H](c2nc(C)c(C)[nH]2)N(S(=O)(=O)c2c(C)[nH]c(=O)[nH]c2=O)C1. The second-order valence-corrected chi connectivity index (χ2v) is 8.21. The normalized spacial score (nSPS) is 21.4. The number of ether oxygens (including phenoxy) is 1. The quantitative estimate of drug-likeness (QED) is 0.671. The number of H-pyrrole nitrogens is 3. The van der Waals surface area contributed by atoms with E-state index < -0.39 is 32.2 Å². The standard InChI is InChI=1S/C15H21N5O5S/c1-7-8(2)17-13(16-7)11-5-10(25-4)6-20(11)26(23,24)12-9(3)18-15(22)19-14(12)21/h10-11H,5-6H2,1-4H3,(H,16,17)(H2,18,19,21,22)/t10-,11+/m1/s1. The van der Waals surface area contributed by atoms with Crippen LogP contribution >= 0.6 is 0 Å². The number of aromatic nitrogens is 4. The molecule has 26 heavy (non-hydrogen) atoms. The molecular weight excluding hydrogens is 362 g/mol. The molecule has 0 aromatic carbocycles. The Bertz CT molecular complexity index is 1030. The summed E-state index contributed by atoms with van der Waals surface area (Å²) in [6.07, 6.45) is 0.0743. The largest absolute Gasteiger partial charge is 0.380 e. The van der Waals surface area contributed by atoms with E-state index in [-0.39, 0.29) is 18.3 Å². The summed E-state index contributed by atoms with van der Waals surface area (Å²) in [7, 11) is -2.67. The molecule has 2 aromatic rings. The third-order valence-electron chi connectivity index (χ3n) is 4.65. The van der Waals surface area contributed by atoms with Gasteiger partial charge in [0.05, 0.1) is 17.8 Å². The minimum absolute atomic E-state index is 0.00910. The molecule has 0 radical (unpaired) electrons. The summed E-state index contributed by atoms with van der Waals surface area (Å²) >= 11 is 0. The molecule has 2 atom stereocenters. The summed E-state index contributed by atoms with van der Waals surface area (Å²) < 4.78 is 33.0. The van der Waals surface area contributed by atoms with Crippen LogP contribution in [0.2, 0.25) is 0 Å². The Morgan fingerprint density at radius 3 is 2.35 bits per heavy atom. The summed E-state index contributed by atoms with van der Waals surface area (Å²) in [4.78, 5) is 34.9. The maximum atomic E-state index is 13.2. The molecular formula is C15H21N5O5S. The number of hydrogen-bond acceptors (Lipinski definition) is 6. The van der Waals surface area contributed by atoms with E-state index in [0.717, 1.165) is 11.4 Å². The molecule has 1 aliphatic rings. The van der Waals surface area contributed by atoms with Crippen molar-refractivity contribution in [2.75, 3.05) is 13.7 Å². The minimum atomic E-state index is -4.18. The molecule has 1 saturated heterocycles. The van der Waals surface area contributed by atoms with Gasteiger partial charge in [0.25, 0.3) is 15.6 Å². The number of rotatable bonds is 4. The predicted molar refractivity (Wildman–Crippen MR) is 92.5 cm³/mol. The van der Waals surface area contributed by atoms with E-state index in [2.05, 4.69) is 15.0 Å². The Balaban J connectivity index is 2.12. The van der Waals surface area contributed by atoms with E-state index in [1.165, 1.54) is 18.3 Å². The van der Waals surface area contributed by atoms with Gasteiger partial charge in [-0.3, -0.25) is 9.78 Å². The number of aromatic amines is 3. The van der Waals surface area contributed by atoms with Gasteiger partial charge in [-0.05, 0) is 27.2 Å². The first-order valence-corrected chi connectivity index (χ1v) is 9.50. The number of methoxy groups -OCH3 is 1. The lowest BCUT2D eigenvalue weighted by Gasteiger charge is -2.22. The van der Waals surface area contributed by atoms with E-state index in [0.29, 0.717) is 12.2 Å². The monoisotopic (exact) mass is 383 g/mol. The highest BCUT2D eigenvalue weighted by atomic mass is 32.2. The van der Waals surface area contributed by atoms with Crippen LogP contribution < -0.4 is 11.2 Å². The van der Waals surface area contributed by atoms with Gasteiger partial charge >= 0.3 is 5.69 Å². The average Bonchev–Trinajstić information content (AvgIpc) is 3.10. The molecule has 0 unspecified atom stereocenters. The lowest BCUT2D eigenvalue weighted by Crippen LogP contribution is -2.38. The first-order chi connectivity index (χ1) is 12.1. The van der Waals surface area contributed by atoms with Crippen LogP contribution in [0.15, 0.2) is 14.5 Å². The summed E-state index contributed by atoms with van der Waals surface area (Å²) in [5.41, 5.74) is -0.0908. The first kappa shape index (κ1) is 18.5. The number of nitrogens with zero attached hydrogens (tertiary/aromatic N) is 2. The number of sulfonamides is 1. The van der Waals surface area contributed by atoms with Crippen molar-refractivity contribution in [3.63, 3.8) is 0 Å². The Morgan fingerprint density at radius 1 is 1.12 bits per heavy atom. The summed E-state index contributed by atoms with van der Waals surface area (Å²) in [5, 5.41) is 0. The molecule has 3 heterocycles. The molecule has 2 aromatic heterocycles. The van der Waals surface area contributed by atoms with Gasteiger partial charge in [0.2, 0.25) is 0 Å². The van der Waals surface area contributed by atoms with Crippen LogP contribution in [0.1, 0.15) is 35.4 Å². The molecule has 142 valence electrons. The van der Waals surface area contributed by atoms with Gasteiger partial charge in [0, 0.05) is 25.0 Å². The van der Waals surface area contributed by atoms with Crippen molar-refractivity contribution in [2.24, 2.45) is 0 Å². The maximum absolute atomic E-state index is 13.2. The van der Waals surface area contributed by atoms with Gasteiger partial charge in [0.1, 0.15) is 5.82 Å². The van der Waals surface area contributed by atoms with Crippen molar-refractivity contribution < 1.29 is 13.2 Å². The van der Waals surface area contributed by atoms with E-state index in [9.17, 15) is 18.0 Å². The van der Waals surface area contributed by atoms with Crippen LogP contribution in [0.4, 0.5) is 0 Å². The van der Waals surface area contributed by atoms with Gasteiger partial charge in [-0.25, -0.2) is 18.2 Å². The molecule has 11 heteroatoms. The zero-order chi connectivity index (χ0) is 19.2. The van der Waals surface area contributed by atoms with Crippen LogP contribution in [-0.4, -0.2) is 52.4 Å². The van der Waals surface area contributed by atoms with E-state index in [4.69, 9.17) is 4.74 Å². The van der Waals surface area contributed by atoms with Gasteiger partial charge in [-0.1, -0.05) is 0 Å². The van der Waals surface area contributed by atoms with Gasteiger partial charge < -0.3 is 14.7 Å². The second kappa shape index (κ2) is 6.49. The van der Waals surface area contributed by atoms with Crippen molar-refractivity contribution in [3.8, 4) is 0 Å². The fourth-order valence-electron chi connectivity index (χ4n) is 3.20. The molecule has 0 amide bonds. The number of aryl methyl sites for hydroxylation is 3.